The average molecular weight is 278 g/mol. The van der Waals surface area contributed by atoms with Gasteiger partial charge in [-0.15, -0.1) is 0 Å². The van der Waals surface area contributed by atoms with E-state index < -0.39 is 0 Å². The molecule has 0 aromatic heterocycles. The van der Waals surface area contributed by atoms with Crippen LogP contribution in [0.1, 0.15) is 28.3 Å². The summed E-state index contributed by atoms with van der Waals surface area (Å²) in [6.07, 6.45) is 5.29. The number of carbonyl (C=O) groups is 1. The van der Waals surface area contributed by atoms with Crippen molar-refractivity contribution in [3.63, 3.8) is 0 Å². The molecule has 0 amide bonds. The summed E-state index contributed by atoms with van der Waals surface area (Å²) in [7, 11) is 0. The molecule has 3 heteroatoms. The number of Topliss-reactive ketones (excluding diaryl/α,β-unsaturated/α-hetero) is 1. The number of allylic oxidation sites excluding steroid dienone is 2. The number of hydrogen-bond donors (Lipinski definition) is 2. The van der Waals surface area contributed by atoms with E-state index in [1.807, 2.05) is 6.07 Å². The van der Waals surface area contributed by atoms with Gasteiger partial charge in [-0.3, -0.25) is 4.79 Å². The number of hydrogen-bond acceptors (Lipinski definition) is 3. The van der Waals surface area contributed by atoms with E-state index in [1.165, 1.54) is 0 Å². The Balaban J connectivity index is 1.90. The van der Waals surface area contributed by atoms with Gasteiger partial charge in [0.05, 0.1) is 5.56 Å². The molecule has 0 saturated heterocycles. The van der Waals surface area contributed by atoms with Crippen molar-refractivity contribution in [3.05, 3.63) is 47.5 Å². The summed E-state index contributed by atoms with van der Waals surface area (Å²) in [6.45, 7) is 0. The summed E-state index contributed by atoms with van der Waals surface area (Å²) in [4.78, 5) is 12.8. The van der Waals surface area contributed by atoms with Crippen molar-refractivity contribution in [1.82, 2.24) is 0 Å². The van der Waals surface area contributed by atoms with Gasteiger partial charge in [-0.2, -0.15) is 0 Å². The highest BCUT2D eigenvalue weighted by molar-refractivity contribution is 6.13. The van der Waals surface area contributed by atoms with Crippen LogP contribution in [0.3, 0.4) is 0 Å². The molecule has 0 spiro atoms. The second-order valence-electron chi connectivity index (χ2n) is 6.40. The van der Waals surface area contributed by atoms with Crippen LogP contribution in [0.15, 0.2) is 36.4 Å². The lowest BCUT2D eigenvalue weighted by molar-refractivity contribution is 0.0909. The molecule has 4 atom stereocenters. The molecule has 3 aliphatic rings. The SMILES string of the molecule is O=C1c2c(c(O)c3ccccc3c2O)C2C1[C@H]1C=C[C@@H]2C1. The molecule has 0 heterocycles. The highest BCUT2D eigenvalue weighted by atomic mass is 16.3. The van der Waals surface area contributed by atoms with Gasteiger partial charge in [0.25, 0.3) is 0 Å². The summed E-state index contributed by atoms with van der Waals surface area (Å²) in [5.41, 5.74) is 1.04. The maximum atomic E-state index is 12.8. The quantitative estimate of drug-likeness (QED) is 0.574. The minimum Gasteiger partial charge on any atom is -0.507 e. The van der Waals surface area contributed by atoms with E-state index in [2.05, 4.69) is 12.2 Å². The molecular weight excluding hydrogens is 264 g/mol. The summed E-state index contributed by atoms with van der Waals surface area (Å²) in [5.74, 6) is 0.753. The molecule has 2 unspecified atom stereocenters. The zero-order valence-electron chi connectivity index (χ0n) is 11.3. The first kappa shape index (κ1) is 11.4. The lowest BCUT2D eigenvalue weighted by Crippen LogP contribution is -2.18. The molecule has 3 nitrogen and oxygen atoms in total. The topological polar surface area (TPSA) is 57.5 Å². The molecular formula is C18H14O3. The van der Waals surface area contributed by atoms with Crippen molar-refractivity contribution in [1.29, 1.82) is 0 Å². The first-order valence-corrected chi connectivity index (χ1v) is 7.37. The Morgan fingerprint density at radius 3 is 2.24 bits per heavy atom. The predicted molar refractivity (Wildman–Crippen MR) is 78.6 cm³/mol. The van der Waals surface area contributed by atoms with E-state index in [-0.39, 0.29) is 35.0 Å². The lowest BCUT2D eigenvalue weighted by atomic mass is 9.82. The monoisotopic (exact) mass is 278 g/mol. The van der Waals surface area contributed by atoms with Gasteiger partial charge in [0.1, 0.15) is 11.5 Å². The Morgan fingerprint density at radius 1 is 0.905 bits per heavy atom. The fraction of sp³-hybridized carbons (Fsp3) is 0.278. The molecule has 0 radical (unpaired) electrons. The van der Waals surface area contributed by atoms with Crippen LogP contribution in [0.2, 0.25) is 0 Å². The number of phenolic OH excluding ortho intramolecular Hbond substituents is 2. The van der Waals surface area contributed by atoms with Crippen LogP contribution in [0.4, 0.5) is 0 Å². The van der Waals surface area contributed by atoms with Crippen LogP contribution in [-0.4, -0.2) is 16.0 Å². The van der Waals surface area contributed by atoms with Gasteiger partial charge in [-0.1, -0.05) is 36.4 Å². The van der Waals surface area contributed by atoms with Crippen molar-refractivity contribution in [3.8, 4) is 11.5 Å². The first-order valence-electron chi connectivity index (χ1n) is 7.37. The minimum atomic E-state index is -0.0939. The van der Waals surface area contributed by atoms with E-state index in [9.17, 15) is 15.0 Å². The summed E-state index contributed by atoms with van der Waals surface area (Å²) >= 11 is 0. The number of carbonyl (C=O) groups excluding carboxylic acids is 1. The molecule has 2 N–H and O–H groups in total. The maximum Gasteiger partial charge on any atom is 0.171 e. The molecule has 5 rings (SSSR count). The molecule has 2 aromatic rings. The standard InChI is InChI=1S/C18H14O3/c19-16-10-3-1-2-4-11(10)17(20)15-14(16)12-8-5-6-9(7-8)13(12)18(15)21/h1-6,8-9,12-13,19-20H,7H2/t8-,9+,12?,13?/m1/s1. The number of benzene rings is 2. The van der Waals surface area contributed by atoms with Gasteiger partial charge >= 0.3 is 0 Å². The van der Waals surface area contributed by atoms with Crippen LogP contribution in [0.25, 0.3) is 10.8 Å². The highest BCUT2D eigenvalue weighted by Gasteiger charge is 2.56. The Kier molecular flexibility index (Phi) is 1.88. The average Bonchev–Trinajstić information content (AvgIpc) is 3.17. The molecule has 1 fully saturated rings. The number of fused-ring (bicyclic) bond motifs is 8. The second-order valence-corrected chi connectivity index (χ2v) is 6.40. The summed E-state index contributed by atoms with van der Waals surface area (Å²) < 4.78 is 0. The van der Waals surface area contributed by atoms with Crippen LogP contribution in [-0.2, 0) is 0 Å². The van der Waals surface area contributed by atoms with Gasteiger partial charge < -0.3 is 10.2 Å². The molecule has 1 saturated carbocycles. The third-order valence-corrected chi connectivity index (χ3v) is 5.54. The fourth-order valence-electron chi connectivity index (χ4n) is 4.74. The molecule has 21 heavy (non-hydrogen) atoms. The number of ketones is 1. The Morgan fingerprint density at radius 2 is 1.52 bits per heavy atom. The van der Waals surface area contributed by atoms with Gasteiger partial charge in [0, 0.05) is 28.2 Å². The van der Waals surface area contributed by atoms with Crippen molar-refractivity contribution in [2.45, 2.75) is 12.3 Å². The highest BCUT2D eigenvalue weighted by Crippen LogP contribution is 2.62. The van der Waals surface area contributed by atoms with Gasteiger partial charge in [-0.05, 0) is 18.3 Å². The van der Waals surface area contributed by atoms with E-state index in [4.69, 9.17) is 0 Å². The van der Waals surface area contributed by atoms with Crippen LogP contribution in [0, 0.1) is 17.8 Å². The van der Waals surface area contributed by atoms with Crippen LogP contribution in [0.5, 0.6) is 11.5 Å². The third-order valence-electron chi connectivity index (χ3n) is 5.54. The summed E-state index contributed by atoms with van der Waals surface area (Å²) in [5, 5.41) is 22.5. The van der Waals surface area contributed by atoms with E-state index in [0.29, 0.717) is 27.8 Å². The van der Waals surface area contributed by atoms with E-state index >= 15 is 0 Å². The normalized spacial score (nSPS) is 31.9. The van der Waals surface area contributed by atoms with Crippen molar-refractivity contribution >= 4 is 16.6 Å². The number of aromatic hydroxyl groups is 2. The Hall–Kier alpha value is -2.29. The van der Waals surface area contributed by atoms with Crippen molar-refractivity contribution in [2.24, 2.45) is 17.8 Å². The summed E-state index contributed by atoms with van der Waals surface area (Å²) in [6, 6.07) is 7.19. The second kappa shape index (κ2) is 3.48. The zero-order chi connectivity index (χ0) is 14.3. The largest absolute Gasteiger partial charge is 0.507 e. The Bertz CT molecular complexity index is 849. The number of rotatable bonds is 0. The zero-order valence-corrected chi connectivity index (χ0v) is 11.3. The van der Waals surface area contributed by atoms with E-state index in [1.54, 1.807) is 18.2 Å². The molecule has 3 aliphatic carbocycles. The predicted octanol–water partition coefficient (Wildman–Crippen LogP) is 3.35. The third kappa shape index (κ3) is 1.15. The van der Waals surface area contributed by atoms with Crippen molar-refractivity contribution in [2.75, 3.05) is 0 Å². The van der Waals surface area contributed by atoms with Gasteiger partial charge in [-0.25, -0.2) is 0 Å². The van der Waals surface area contributed by atoms with E-state index in [0.717, 1.165) is 6.42 Å². The smallest absolute Gasteiger partial charge is 0.171 e. The molecule has 2 bridgehead atoms. The number of phenols is 2. The molecule has 0 aliphatic heterocycles. The maximum absolute atomic E-state index is 12.8. The van der Waals surface area contributed by atoms with Crippen LogP contribution < -0.4 is 0 Å². The van der Waals surface area contributed by atoms with Crippen molar-refractivity contribution < 1.29 is 15.0 Å². The van der Waals surface area contributed by atoms with Gasteiger partial charge in [0.15, 0.2) is 5.78 Å². The van der Waals surface area contributed by atoms with Crippen LogP contribution >= 0.6 is 0 Å². The Labute approximate surface area is 121 Å². The first-order chi connectivity index (χ1) is 10.2. The fourth-order valence-corrected chi connectivity index (χ4v) is 4.74. The molecule has 2 aromatic carbocycles. The lowest BCUT2D eigenvalue weighted by Gasteiger charge is -2.20. The molecule has 104 valence electrons. The van der Waals surface area contributed by atoms with Gasteiger partial charge in [0.2, 0.25) is 0 Å². The minimum absolute atomic E-state index is 0.00500.